The van der Waals surface area contributed by atoms with Gasteiger partial charge in [-0.05, 0) is 50.1 Å². The van der Waals surface area contributed by atoms with Crippen LogP contribution < -0.4 is 4.90 Å². The topological polar surface area (TPSA) is 49.3 Å². The van der Waals surface area contributed by atoms with Crippen molar-refractivity contribution in [1.29, 1.82) is 0 Å². The Bertz CT molecular complexity index is 609. The summed E-state index contributed by atoms with van der Waals surface area (Å²) in [5.74, 6) is 0.906. The number of nitrogens with zero attached hydrogens (tertiary/aromatic N) is 4. The lowest BCUT2D eigenvalue weighted by Crippen LogP contribution is -2.30. The van der Waals surface area contributed by atoms with Gasteiger partial charge >= 0.3 is 0 Å². The van der Waals surface area contributed by atoms with Crippen molar-refractivity contribution in [1.82, 2.24) is 14.9 Å². The van der Waals surface area contributed by atoms with Crippen LogP contribution in [0.15, 0.2) is 42.9 Å². The Kier molecular flexibility index (Phi) is 6.09. The average Bonchev–Trinajstić information content (AvgIpc) is 2.61. The van der Waals surface area contributed by atoms with E-state index in [2.05, 4.69) is 14.9 Å². The number of aromatic nitrogens is 2. The Balaban J connectivity index is 1.97. The number of pyridine rings is 2. The minimum Gasteiger partial charge on any atom is -0.359 e. The number of carbonyl (C=O) groups excluding carboxylic acids is 1. The first-order valence-corrected chi connectivity index (χ1v) is 8.01. The fourth-order valence-electron chi connectivity index (χ4n) is 2.39. The van der Waals surface area contributed by atoms with Gasteiger partial charge < -0.3 is 9.80 Å². The Morgan fingerprint density at radius 2 is 1.78 bits per heavy atom. The number of rotatable bonds is 7. The normalized spacial score (nSPS) is 10.4. The van der Waals surface area contributed by atoms with Crippen molar-refractivity contribution in [2.45, 2.75) is 20.3 Å². The molecule has 2 aromatic heterocycles. The number of likely N-dealkylation sites (N-methyl/N-ethyl adjacent to an activating group) is 1. The zero-order valence-electron chi connectivity index (χ0n) is 14.1. The second-order valence-electron chi connectivity index (χ2n) is 5.41. The quantitative estimate of drug-likeness (QED) is 0.788. The highest BCUT2D eigenvalue weighted by molar-refractivity contribution is 5.94. The van der Waals surface area contributed by atoms with Gasteiger partial charge in [-0.2, -0.15) is 0 Å². The second-order valence-corrected chi connectivity index (χ2v) is 5.41. The van der Waals surface area contributed by atoms with Gasteiger partial charge in [0, 0.05) is 45.3 Å². The summed E-state index contributed by atoms with van der Waals surface area (Å²) in [4.78, 5) is 24.6. The number of hydrogen-bond donors (Lipinski definition) is 0. The van der Waals surface area contributed by atoms with Gasteiger partial charge in [-0.1, -0.05) is 0 Å². The van der Waals surface area contributed by atoms with Crippen LogP contribution >= 0.6 is 0 Å². The molecule has 0 radical (unpaired) electrons. The number of hydrogen-bond acceptors (Lipinski definition) is 4. The van der Waals surface area contributed by atoms with Crippen molar-refractivity contribution in [2.24, 2.45) is 0 Å². The molecule has 122 valence electrons. The van der Waals surface area contributed by atoms with Crippen LogP contribution in [0.4, 0.5) is 5.82 Å². The number of amides is 1. The van der Waals surface area contributed by atoms with E-state index < -0.39 is 0 Å². The van der Waals surface area contributed by atoms with Crippen LogP contribution in [-0.4, -0.2) is 47.5 Å². The first-order chi connectivity index (χ1) is 11.2. The van der Waals surface area contributed by atoms with Gasteiger partial charge in [-0.3, -0.25) is 9.78 Å². The van der Waals surface area contributed by atoms with Crippen LogP contribution in [-0.2, 0) is 6.42 Å². The highest BCUT2D eigenvalue weighted by atomic mass is 16.2. The summed E-state index contributed by atoms with van der Waals surface area (Å²) in [6, 6.07) is 7.80. The van der Waals surface area contributed by atoms with E-state index in [4.69, 9.17) is 0 Å². The first kappa shape index (κ1) is 16.9. The van der Waals surface area contributed by atoms with Crippen molar-refractivity contribution < 1.29 is 4.79 Å². The van der Waals surface area contributed by atoms with E-state index >= 15 is 0 Å². The van der Waals surface area contributed by atoms with E-state index in [1.165, 1.54) is 5.56 Å². The summed E-state index contributed by atoms with van der Waals surface area (Å²) in [6.07, 6.45) is 6.21. The molecular formula is C18H24N4O. The maximum Gasteiger partial charge on any atom is 0.255 e. The van der Waals surface area contributed by atoms with Crippen molar-refractivity contribution >= 4 is 11.7 Å². The summed E-state index contributed by atoms with van der Waals surface area (Å²) in [5, 5.41) is 0. The molecular weight excluding hydrogens is 288 g/mol. The van der Waals surface area contributed by atoms with Crippen LogP contribution in [0.1, 0.15) is 29.8 Å². The van der Waals surface area contributed by atoms with Crippen LogP contribution in [0.2, 0.25) is 0 Å². The van der Waals surface area contributed by atoms with Crippen LogP contribution in [0.3, 0.4) is 0 Å². The third-order valence-corrected chi connectivity index (χ3v) is 3.92. The predicted molar refractivity (Wildman–Crippen MR) is 92.7 cm³/mol. The molecule has 2 rings (SSSR count). The zero-order valence-corrected chi connectivity index (χ0v) is 14.1. The molecule has 2 heterocycles. The fourth-order valence-corrected chi connectivity index (χ4v) is 2.39. The highest BCUT2D eigenvalue weighted by Crippen LogP contribution is 2.12. The van der Waals surface area contributed by atoms with Gasteiger partial charge in [0.2, 0.25) is 0 Å². The molecule has 2 aromatic rings. The molecule has 1 amide bonds. The monoisotopic (exact) mass is 312 g/mol. The second kappa shape index (κ2) is 8.27. The fraction of sp³-hybridized carbons (Fsp3) is 0.389. The molecule has 0 bridgehead atoms. The lowest BCUT2D eigenvalue weighted by Gasteiger charge is -2.20. The maximum absolute atomic E-state index is 12.3. The molecule has 0 saturated carbocycles. The van der Waals surface area contributed by atoms with E-state index in [-0.39, 0.29) is 5.91 Å². The van der Waals surface area contributed by atoms with Gasteiger partial charge in [-0.25, -0.2) is 4.98 Å². The van der Waals surface area contributed by atoms with E-state index in [9.17, 15) is 4.79 Å². The first-order valence-electron chi connectivity index (χ1n) is 8.01. The van der Waals surface area contributed by atoms with Crippen LogP contribution in [0, 0.1) is 0 Å². The molecule has 0 unspecified atom stereocenters. The Hall–Kier alpha value is -2.43. The van der Waals surface area contributed by atoms with Crippen molar-refractivity contribution in [2.75, 3.05) is 31.6 Å². The molecule has 0 aliphatic heterocycles. The third-order valence-electron chi connectivity index (χ3n) is 3.92. The van der Waals surface area contributed by atoms with E-state index in [1.807, 2.05) is 45.2 Å². The van der Waals surface area contributed by atoms with Crippen molar-refractivity contribution in [3.8, 4) is 0 Å². The van der Waals surface area contributed by atoms with Crippen molar-refractivity contribution in [3.63, 3.8) is 0 Å². The molecule has 5 heteroatoms. The molecule has 0 spiro atoms. The lowest BCUT2D eigenvalue weighted by molar-refractivity contribution is 0.0772. The van der Waals surface area contributed by atoms with E-state index in [0.717, 1.165) is 18.8 Å². The maximum atomic E-state index is 12.3. The number of anilines is 1. The average molecular weight is 312 g/mol. The minimum absolute atomic E-state index is 0.0356. The Morgan fingerprint density at radius 3 is 2.35 bits per heavy atom. The Labute approximate surface area is 138 Å². The third kappa shape index (κ3) is 4.52. The molecule has 0 atom stereocenters. The van der Waals surface area contributed by atoms with Gasteiger partial charge in [0.15, 0.2) is 0 Å². The molecule has 23 heavy (non-hydrogen) atoms. The van der Waals surface area contributed by atoms with Gasteiger partial charge in [0.25, 0.3) is 5.91 Å². The summed E-state index contributed by atoms with van der Waals surface area (Å²) < 4.78 is 0. The minimum atomic E-state index is 0.0356. The molecule has 5 nitrogen and oxygen atoms in total. The molecule has 0 saturated heterocycles. The molecule has 0 fully saturated rings. The molecule has 0 aliphatic rings. The standard InChI is InChI=1S/C18H24N4O/c1-4-22(5-2)18(23)16-6-7-17(20-14-16)21(3)13-10-15-8-11-19-12-9-15/h6-9,11-12,14H,4-5,10,13H2,1-3H3. The SMILES string of the molecule is CCN(CC)C(=O)c1ccc(N(C)CCc2ccncc2)nc1. The summed E-state index contributed by atoms with van der Waals surface area (Å²) in [5.41, 5.74) is 1.89. The Morgan fingerprint density at radius 1 is 1.09 bits per heavy atom. The smallest absolute Gasteiger partial charge is 0.255 e. The lowest BCUT2D eigenvalue weighted by atomic mass is 10.2. The predicted octanol–water partition coefficient (Wildman–Crippen LogP) is 2.64. The molecule has 0 aliphatic carbocycles. The van der Waals surface area contributed by atoms with Crippen molar-refractivity contribution in [3.05, 3.63) is 54.0 Å². The van der Waals surface area contributed by atoms with Gasteiger partial charge in [-0.15, -0.1) is 0 Å². The number of carbonyl (C=O) groups is 1. The van der Waals surface area contributed by atoms with E-state index in [1.54, 1.807) is 23.5 Å². The highest BCUT2D eigenvalue weighted by Gasteiger charge is 2.13. The van der Waals surface area contributed by atoms with Gasteiger partial charge in [0.1, 0.15) is 5.82 Å². The summed E-state index contributed by atoms with van der Waals surface area (Å²) >= 11 is 0. The van der Waals surface area contributed by atoms with E-state index in [0.29, 0.717) is 18.7 Å². The molecule has 0 N–H and O–H groups in total. The van der Waals surface area contributed by atoms with Gasteiger partial charge in [0.05, 0.1) is 5.56 Å². The summed E-state index contributed by atoms with van der Waals surface area (Å²) in [6.45, 7) is 6.25. The molecule has 0 aromatic carbocycles. The zero-order chi connectivity index (χ0) is 16.7. The van der Waals surface area contributed by atoms with Crippen LogP contribution in [0.25, 0.3) is 0 Å². The summed E-state index contributed by atoms with van der Waals surface area (Å²) in [7, 11) is 2.01. The largest absolute Gasteiger partial charge is 0.359 e. The van der Waals surface area contributed by atoms with Crippen LogP contribution in [0.5, 0.6) is 0 Å².